The molecule has 1 aliphatic rings. The second-order valence-corrected chi connectivity index (χ2v) is 6.68. The first-order valence-corrected chi connectivity index (χ1v) is 9.13. The lowest BCUT2D eigenvalue weighted by Crippen LogP contribution is -2.35. The zero-order chi connectivity index (χ0) is 17.9. The molecular weight excluding hydrogens is 330 g/mol. The smallest absolute Gasteiger partial charge is 0.244 e. The molecule has 136 valence electrons. The predicted octanol–water partition coefficient (Wildman–Crippen LogP) is 2.75. The van der Waals surface area contributed by atoms with Crippen LogP contribution < -0.4 is 0 Å². The number of aromatic amines is 1. The van der Waals surface area contributed by atoms with Crippen molar-refractivity contribution in [2.75, 3.05) is 13.1 Å². The molecule has 3 aromatic heterocycles. The van der Waals surface area contributed by atoms with Gasteiger partial charge in [-0.15, -0.1) is 0 Å². The Kier molecular flexibility index (Phi) is 4.75. The van der Waals surface area contributed by atoms with Gasteiger partial charge in [-0.2, -0.15) is 10.1 Å². The Morgan fingerprint density at radius 1 is 1.31 bits per heavy atom. The number of aryl methyl sites for hydroxylation is 1. The van der Waals surface area contributed by atoms with Crippen molar-refractivity contribution >= 4 is 0 Å². The van der Waals surface area contributed by atoms with E-state index < -0.39 is 0 Å². The van der Waals surface area contributed by atoms with Gasteiger partial charge >= 0.3 is 0 Å². The number of nitrogens with zero attached hydrogens (tertiary/aromatic N) is 6. The van der Waals surface area contributed by atoms with Crippen molar-refractivity contribution in [3.05, 3.63) is 42.1 Å². The summed E-state index contributed by atoms with van der Waals surface area (Å²) in [5.74, 6) is 3.56. The third kappa shape index (κ3) is 3.37. The molecule has 0 saturated carbocycles. The summed E-state index contributed by atoms with van der Waals surface area (Å²) in [7, 11) is 0. The summed E-state index contributed by atoms with van der Waals surface area (Å²) in [5.41, 5.74) is 0.866. The highest BCUT2D eigenvalue weighted by molar-refractivity contribution is 5.51. The Morgan fingerprint density at radius 3 is 2.85 bits per heavy atom. The lowest BCUT2D eigenvalue weighted by Gasteiger charge is -2.33. The molecule has 1 N–H and O–H groups in total. The standard InChI is InChI=1S/C18H23N7O/c1-3-15-20-16(23-22-15)13-6-9-25(10-7-13)12(2)18-21-17(24-26-18)14-5-4-8-19-11-14/h4-5,8,11-13H,3,6-7,9-10H2,1-2H3,(H,20,22,23). The van der Waals surface area contributed by atoms with Crippen molar-refractivity contribution in [1.29, 1.82) is 0 Å². The average molecular weight is 353 g/mol. The second-order valence-electron chi connectivity index (χ2n) is 6.68. The summed E-state index contributed by atoms with van der Waals surface area (Å²) in [6.07, 6.45) is 6.43. The average Bonchev–Trinajstić information content (AvgIpc) is 3.38. The Balaban J connectivity index is 1.39. The van der Waals surface area contributed by atoms with Gasteiger partial charge in [0.15, 0.2) is 5.82 Å². The molecule has 0 spiro atoms. The largest absolute Gasteiger partial charge is 0.337 e. The number of aromatic nitrogens is 6. The fourth-order valence-corrected chi connectivity index (χ4v) is 3.37. The van der Waals surface area contributed by atoms with Crippen LogP contribution >= 0.6 is 0 Å². The van der Waals surface area contributed by atoms with E-state index >= 15 is 0 Å². The SMILES string of the molecule is CCc1nc(C2CCN(C(C)c3nc(-c4cccnc4)no3)CC2)n[nH]1. The molecule has 4 rings (SSSR count). The van der Waals surface area contributed by atoms with Crippen LogP contribution in [-0.2, 0) is 6.42 Å². The normalized spacial score (nSPS) is 17.5. The minimum Gasteiger partial charge on any atom is -0.337 e. The van der Waals surface area contributed by atoms with Crippen LogP contribution in [0.1, 0.15) is 56.2 Å². The maximum absolute atomic E-state index is 5.50. The zero-order valence-corrected chi connectivity index (χ0v) is 15.1. The summed E-state index contributed by atoms with van der Waals surface area (Å²) in [4.78, 5) is 15.6. The van der Waals surface area contributed by atoms with Crippen LogP contribution in [0.3, 0.4) is 0 Å². The third-order valence-electron chi connectivity index (χ3n) is 5.05. The van der Waals surface area contributed by atoms with Crippen LogP contribution in [0, 0.1) is 0 Å². The Labute approximate surface area is 152 Å². The predicted molar refractivity (Wildman–Crippen MR) is 95.3 cm³/mol. The fraction of sp³-hybridized carbons (Fsp3) is 0.500. The van der Waals surface area contributed by atoms with Gasteiger partial charge in [-0.25, -0.2) is 4.98 Å². The molecule has 8 nitrogen and oxygen atoms in total. The summed E-state index contributed by atoms with van der Waals surface area (Å²) >= 11 is 0. The maximum Gasteiger partial charge on any atom is 0.244 e. The van der Waals surface area contributed by atoms with Crippen molar-refractivity contribution in [3.8, 4) is 11.4 Å². The number of H-pyrrole nitrogens is 1. The molecule has 1 fully saturated rings. The Bertz CT molecular complexity index is 836. The number of pyridine rings is 1. The van der Waals surface area contributed by atoms with Gasteiger partial charge in [-0.05, 0) is 45.0 Å². The number of rotatable bonds is 5. The number of likely N-dealkylation sites (tertiary alicyclic amines) is 1. The first-order chi connectivity index (χ1) is 12.7. The minimum atomic E-state index is 0.0900. The van der Waals surface area contributed by atoms with E-state index in [2.05, 4.69) is 49.1 Å². The second kappa shape index (κ2) is 7.33. The van der Waals surface area contributed by atoms with Crippen molar-refractivity contribution < 1.29 is 4.52 Å². The summed E-state index contributed by atoms with van der Waals surface area (Å²) < 4.78 is 5.50. The van der Waals surface area contributed by atoms with Crippen molar-refractivity contribution in [2.24, 2.45) is 0 Å². The molecular formula is C18H23N7O. The molecule has 0 radical (unpaired) electrons. The molecule has 0 aromatic carbocycles. The van der Waals surface area contributed by atoms with E-state index in [1.807, 2.05) is 12.1 Å². The highest BCUT2D eigenvalue weighted by atomic mass is 16.5. The molecule has 8 heteroatoms. The molecule has 0 aliphatic carbocycles. The maximum atomic E-state index is 5.50. The van der Waals surface area contributed by atoms with E-state index in [0.717, 1.165) is 49.6 Å². The number of hydrogen-bond donors (Lipinski definition) is 1. The highest BCUT2D eigenvalue weighted by Crippen LogP contribution is 2.30. The van der Waals surface area contributed by atoms with Gasteiger partial charge in [0.1, 0.15) is 5.82 Å². The van der Waals surface area contributed by atoms with Crippen LogP contribution in [0.25, 0.3) is 11.4 Å². The summed E-state index contributed by atoms with van der Waals surface area (Å²) in [6, 6.07) is 3.89. The lowest BCUT2D eigenvalue weighted by molar-refractivity contribution is 0.135. The van der Waals surface area contributed by atoms with Crippen LogP contribution in [0.2, 0.25) is 0 Å². The van der Waals surface area contributed by atoms with Gasteiger partial charge in [-0.3, -0.25) is 15.0 Å². The summed E-state index contributed by atoms with van der Waals surface area (Å²) in [5, 5.41) is 11.5. The Morgan fingerprint density at radius 2 is 2.15 bits per heavy atom. The van der Waals surface area contributed by atoms with Gasteiger partial charge in [-0.1, -0.05) is 12.1 Å². The van der Waals surface area contributed by atoms with Gasteiger partial charge < -0.3 is 4.52 Å². The van der Waals surface area contributed by atoms with Gasteiger partial charge in [0.05, 0.1) is 6.04 Å². The highest BCUT2D eigenvalue weighted by Gasteiger charge is 2.29. The van der Waals surface area contributed by atoms with E-state index in [9.17, 15) is 0 Å². The Hall–Kier alpha value is -2.61. The summed E-state index contributed by atoms with van der Waals surface area (Å²) in [6.45, 7) is 6.13. The van der Waals surface area contributed by atoms with E-state index in [0.29, 0.717) is 17.6 Å². The first kappa shape index (κ1) is 16.8. The molecule has 4 heterocycles. The third-order valence-corrected chi connectivity index (χ3v) is 5.05. The molecule has 3 aromatic rings. The van der Waals surface area contributed by atoms with E-state index in [1.54, 1.807) is 12.4 Å². The molecule has 0 amide bonds. The lowest BCUT2D eigenvalue weighted by atomic mass is 9.95. The van der Waals surface area contributed by atoms with Crippen molar-refractivity contribution in [2.45, 2.75) is 45.1 Å². The first-order valence-electron chi connectivity index (χ1n) is 9.13. The van der Waals surface area contributed by atoms with Crippen LogP contribution in [0.15, 0.2) is 29.0 Å². The van der Waals surface area contributed by atoms with Crippen molar-refractivity contribution in [1.82, 2.24) is 35.2 Å². The van der Waals surface area contributed by atoms with Gasteiger partial charge in [0.2, 0.25) is 11.7 Å². The minimum absolute atomic E-state index is 0.0900. The molecule has 26 heavy (non-hydrogen) atoms. The fourth-order valence-electron chi connectivity index (χ4n) is 3.37. The number of piperidine rings is 1. The topological polar surface area (TPSA) is 96.6 Å². The van der Waals surface area contributed by atoms with Crippen LogP contribution in [0.4, 0.5) is 0 Å². The molecule has 1 atom stereocenters. The monoisotopic (exact) mass is 353 g/mol. The van der Waals surface area contributed by atoms with E-state index in [1.165, 1.54) is 0 Å². The van der Waals surface area contributed by atoms with Crippen LogP contribution in [0.5, 0.6) is 0 Å². The van der Waals surface area contributed by atoms with Gasteiger partial charge in [0.25, 0.3) is 0 Å². The molecule has 1 saturated heterocycles. The zero-order valence-electron chi connectivity index (χ0n) is 15.1. The molecule has 0 bridgehead atoms. The van der Waals surface area contributed by atoms with Crippen molar-refractivity contribution in [3.63, 3.8) is 0 Å². The van der Waals surface area contributed by atoms with E-state index in [4.69, 9.17) is 4.52 Å². The quantitative estimate of drug-likeness (QED) is 0.753. The number of hydrogen-bond acceptors (Lipinski definition) is 7. The van der Waals surface area contributed by atoms with Gasteiger partial charge in [0, 0.05) is 30.3 Å². The molecule has 1 aliphatic heterocycles. The van der Waals surface area contributed by atoms with E-state index in [-0.39, 0.29) is 6.04 Å². The number of nitrogens with one attached hydrogen (secondary N) is 1. The van der Waals surface area contributed by atoms with Crippen LogP contribution in [-0.4, -0.2) is 48.3 Å². The molecule has 1 unspecified atom stereocenters.